The van der Waals surface area contributed by atoms with Crippen LogP contribution in [0.4, 0.5) is 10.1 Å². The quantitative estimate of drug-likeness (QED) is 0.410. The number of benzene rings is 2. The number of rotatable bonds is 5. The van der Waals surface area contributed by atoms with E-state index in [1.165, 1.54) is 12.1 Å². The number of nitrogens with one attached hydrogen (secondary N) is 1. The van der Waals surface area contributed by atoms with E-state index in [0.717, 1.165) is 22.5 Å². The fourth-order valence-corrected chi connectivity index (χ4v) is 4.05. The van der Waals surface area contributed by atoms with Crippen LogP contribution in [0.15, 0.2) is 66.9 Å². The molecule has 0 spiro atoms. The summed E-state index contributed by atoms with van der Waals surface area (Å²) in [4.78, 5) is 18.3. The van der Waals surface area contributed by atoms with E-state index < -0.39 is 0 Å². The summed E-state index contributed by atoms with van der Waals surface area (Å²) in [5.41, 5.74) is 5.58. The Bertz CT molecular complexity index is 1520. The largest absolute Gasteiger partial charge is 0.319 e. The Hall–Kier alpha value is -4.33. The molecule has 3 aromatic heterocycles. The van der Waals surface area contributed by atoms with Gasteiger partial charge in [-0.15, -0.1) is 0 Å². The van der Waals surface area contributed by atoms with Crippen molar-refractivity contribution in [2.75, 3.05) is 5.32 Å². The van der Waals surface area contributed by atoms with Gasteiger partial charge in [0.2, 0.25) is 0 Å². The highest BCUT2D eigenvalue weighted by atomic mass is 19.1. The zero-order valence-corrected chi connectivity index (χ0v) is 19.1. The molecule has 34 heavy (non-hydrogen) atoms. The van der Waals surface area contributed by atoms with E-state index in [4.69, 9.17) is 4.98 Å². The van der Waals surface area contributed by atoms with Crippen molar-refractivity contribution >= 4 is 22.6 Å². The Morgan fingerprint density at radius 2 is 1.85 bits per heavy atom. The molecule has 0 radical (unpaired) electrons. The number of halogens is 1. The summed E-state index contributed by atoms with van der Waals surface area (Å²) < 4.78 is 17.2. The summed E-state index contributed by atoms with van der Waals surface area (Å²) in [5, 5.41) is 12.5. The minimum absolute atomic E-state index is 0.269. The van der Waals surface area contributed by atoms with Crippen LogP contribution in [0, 0.1) is 19.7 Å². The van der Waals surface area contributed by atoms with E-state index in [1.807, 2.05) is 57.3 Å². The van der Waals surface area contributed by atoms with Gasteiger partial charge in [0.15, 0.2) is 5.65 Å². The average Bonchev–Trinajstić information content (AvgIpc) is 3.34. The number of aromatic nitrogens is 5. The monoisotopic (exact) mass is 454 g/mol. The highest BCUT2D eigenvalue weighted by Crippen LogP contribution is 2.27. The van der Waals surface area contributed by atoms with E-state index in [0.29, 0.717) is 34.5 Å². The maximum atomic E-state index is 13.7. The van der Waals surface area contributed by atoms with Crippen LogP contribution < -0.4 is 5.32 Å². The lowest BCUT2D eigenvalue weighted by Crippen LogP contribution is -2.14. The molecule has 3 heterocycles. The maximum Gasteiger partial charge on any atom is 0.256 e. The van der Waals surface area contributed by atoms with Crippen LogP contribution in [0.5, 0.6) is 0 Å². The number of aryl methyl sites for hydroxylation is 2. The van der Waals surface area contributed by atoms with Crippen molar-refractivity contribution in [3.05, 3.63) is 95.2 Å². The molecule has 0 saturated carbocycles. The first-order chi connectivity index (χ1) is 16.4. The lowest BCUT2D eigenvalue weighted by molar-refractivity contribution is 0.102. The van der Waals surface area contributed by atoms with Gasteiger partial charge in [-0.05, 0) is 37.6 Å². The Labute approximate surface area is 195 Å². The molecule has 5 rings (SSSR count). The number of hydrogen-bond donors (Lipinski definition) is 1. The van der Waals surface area contributed by atoms with Crippen LogP contribution >= 0.6 is 0 Å². The summed E-state index contributed by atoms with van der Waals surface area (Å²) in [6.45, 7) is 4.09. The summed E-state index contributed by atoms with van der Waals surface area (Å²) >= 11 is 0. The van der Waals surface area contributed by atoms with Crippen LogP contribution in [0.3, 0.4) is 0 Å². The summed E-state index contributed by atoms with van der Waals surface area (Å²) in [7, 11) is 1.84. The molecule has 0 atom stereocenters. The molecule has 2 aromatic carbocycles. The Kier molecular flexibility index (Phi) is 5.41. The van der Waals surface area contributed by atoms with Crippen molar-refractivity contribution in [2.45, 2.75) is 20.4 Å². The van der Waals surface area contributed by atoms with Gasteiger partial charge < -0.3 is 5.32 Å². The highest BCUT2D eigenvalue weighted by Gasteiger charge is 2.20. The van der Waals surface area contributed by atoms with Gasteiger partial charge in [0.25, 0.3) is 5.91 Å². The zero-order chi connectivity index (χ0) is 23.8. The molecule has 170 valence electrons. The van der Waals surface area contributed by atoms with E-state index in [9.17, 15) is 9.18 Å². The standard InChI is InChI=1S/C26H23FN6O/c1-16-24(17(2)32(3)31-16)30-26(34)21-13-23(19-9-5-4-6-10-19)29-25-22(21)14-28-33(25)15-18-8-7-11-20(27)12-18/h4-14H,15H2,1-3H3,(H,30,34). The van der Waals surface area contributed by atoms with Gasteiger partial charge in [-0.2, -0.15) is 10.2 Å². The second kappa shape index (κ2) is 8.55. The van der Waals surface area contributed by atoms with Gasteiger partial charge >= 0.3 is 0 Å². The van der Waals surface area contributed by atoms with E-state index in [2.05, 4.69) is 15.5 Å². The smallest absolute Gasteiger partial charge is 0.256 e. The number of pyridine rings is 1. The average molecular weight is 455 g/mol. The molecule has 8 heteroatoms. The first-order valence-electron chi connectivity index (χ1n) is 10.9. The van der Waals surface area contributed by atoms with Crippen LogP contribution in [-0.2, 0) is 13.6 Å². The molecular formula is C26H23FN6O. The SMILES string of the molecule is Cc1nn(C)c(C)c1NC(=O)c1cc(-c2ccccc2)nc2c1cnn2Cc1cccc(F)c1. The maximum absolute atomic E-state index is 13.7. The molecule has 0 aliphatic rings. The Balaban J connectivity index is 1.63. The lowest BCUT2D eigenvalue weighted by atomic mass is 10.1. The van der Waals surface area contributed by atoms with Gasteiger partial charge in [-0.25, -0.2) is 14.1 Å². The predicted molar refractivity (Wildman–Crippen MR) is 129 cm³/mol. The van der Waals surface area contributed by atoms with Crippen molar-refractivity contribution in [3.63, 3.8) is 0 Å². The molecule has 0 saturated heterocycles. The second-order valence-corrected chi connectivity index (χ2v) is 8.21. The first kappa shape index (κ1) is 21.5. The molecule has 0 aliphatic carbocycles. The van der Waals surface area contributed by atoms with Crippen LogP contribution in [-0.4, -0.2) is 30.5 Å². The summed E-state index contributed by atoms with van der Waals surface area (Å²) in [5.74, 6) is -0.580. The molecule has 0 fully saturated rings. The summed E-state index contributed by atoms with van der Waals surface area (Å²) in [6, 6.07) is 17.8. The van der Waals surface area contributed by atoms with Crippen molar-refractivity contribution in [1.29, 1.82) is 0 Å². The number of fused-ring (bicyclic) bond motifs is 1. The highest BCUT2D eigenvalue weighted by molar-refractivity contribution is 6.13. The number of carbonyl (C=O) groups excluding carboxylic acids is 1. The number of carbonyl (C=O) groups is 1. The minimum atomic E-state index is -0.311. The van der Waals surface area contributed by atoms with Crippen molar-refractivity contribution in [1.82, 2.24) is 24.5 Å². The van der Waals surface area contributed by atoms with Gasteiger partial charge in [-0.3, -0.25) is 9.48 Å². The molecule has 7 nitrogen and oxygen atoms in total. The van der Waals surface area contributed by atoms with Gasteiger partial charge in [0, 0.05) is 12.6 Å². The fourth-order valence-electron chi connectivity index (χ4n) is 4.05. The summed E-state index contributed by atoms with van der Waals surface area (Å²) in [6.07, 6.45) is 1.63. The number of hydrogen-bond acceptors (Lipinski definition) is 4. The molecule has 0 aliphatic heterocycles. The van der Waals surface area contributed by atoms with Gasteiger partial charge in [0.1, 0.15) is 5.82 Å². The number of nitrogens with zero attached hydrogens (tertiary/aromatic N) is 5. The van der Waals surface area contributed by atoms with E-state index in [-0.39, 0.29) is 11.7 Å². The third-order valence-electron chi connectivity index (χ3n) is 5.89. The molecular weight excluding hydrogens is 431 g/mol. The van der Waals surface area contributed by atoms with E-state index >= 15 is 0 Å². The van der Waals surface area contributed by atoms with E-state index in [1.54, 1.807) is 27.7 Å². The van der Waals surface area contributed by atoms with Crippen molar-refractivity contribution in [2.24, 2.45) is 7.05 Å². The third-order valence-corrected chi connectivity index (χ3v) is 5.89. The minimum Gasteiger partial charge on any atom is -0.319 e. The Morgan fingerprint density at radius 3 is 2.56 bits per heavy atom. The lowest BCUT2D eigenvalue weighted by Gasteiger charge is -2.10. The molecule has 0 unspecified atom stereocenters. The number of anilines is 1. The zero-order valence-electron chi connectivity index (χ0n) is 19.1. The second-order valence-electron chi connectivity index (χ2n) is 8.21. The molecule has 1 N–H and O–H groups in total. The third kappa shape index (κ3) is 3.94. The normalized spacial score (nSPS) is 11.2. The van der Waals surface area contributed by atoms with Crippen LogP contribution in [0.1, 0.15) is 27.3 Å². The predicted octanol–water partition coefficient (Wildman–Crippen LogP) is 4.89. The molecule has 0 bridgehead atoms. The molecule has 1 amide bonds. The van der Waals surface area contributed by atoms with Gasteiger partial charge in [-0.1, -0.05) is 42.5 Å². The molecule has 5 aromatic rings. The number of amides is 1. The fraction of sp³-hybridized carbons (Fsp3) is 0.154. The van der Waals surface area contributed by atoms with Crippen LogP contribution in [0.25, 0.3) is 22.3 Å². The van der Waals surface area contributed by atoms with Crippen molar-refractivity contribution in [3.8, 4) is 11.3 Å². The topological polar surface area (TPSA) is 77.6 Å². The van der Waals surface area contributed by atoms with Crippen molar-refractivity contribution < 1.29 is 9.18 Å². The van der Waals surface area contributed by atoms with Gasteiger partial charge in [0.05, 0.1) is 46.5 Å². The Morgan fingerprint density at radius 1 is 1.06 bits per heavy atom. The first-order valence-corrected chi connectivity index (χ1v) is 10.9. The van der Waals surface area contributed by atoms with Crippen LogP contribution in [0.2, 0.25) is 0 Å².